The highest BCUT2D eigenvalue weighted by Crippen LogP contribution is 2.26. The van der Waals surface area contributed by atoms with Crippen LogP contribution in [0.1, 0.15) is 73.1 Å². The minimum absolute atomic E-state index is 0.0629. The number of primary amides is 1. The third kappa shape index (κ3) is 6.16. The molecule has 0 radical (unpaired) electrons. The van der Waals surface area contributed by atoms with Gasteiger partial charge in [-0.3, -0.25) is 19.4 Å². The molecule has 1 aromatic heterocycles. The molecule has 1 fully saturated rings. The lowest BCUT2D eigenvalue weighted by Crippen LogP contribution is -2.48. The van der Waals surface area contributed by atoms with E-state index >= 15 is 0 Å². The second-order valence-electron chi connectivity index (χ2n) is 9.12. The number of benzene rings is 1. The maximum atomic E-state index is 14.2. The van der Waals surface area contributed by atoms with Gasteiger partial charge in [0.1, 0.15) is 11.4 Å². The Morgan fingerprint density at radius 2 is 1.94 bits per heavy atom. The van der Waals surface area contributed by atoms with E-state index in [1.54, 1.807) is 0 Å². The first-order valence-corrected chi connectivity index (χ1v) is 11.1. The van der Waals surface area contributed by atoms with Crippen molar-refractivity contribution in [3.8, 4) is 0 Å². The van der Waals surface area contributed by atoms with Crippen LogP contribution in [0.25, 0.3) is 0 Å². The van der Waals surface area contributed by atoms with Gasteiger partial charge in [0.2, 0.25) is 5.95 Å². The molecule has 1 aliphatic carbocycles. The van der Waals surface area contributed by atoms with Crippen LogP contribution in [0, 0.1) is 11.7 Å². The molecule has 1 aliphatic rings. The molecule has 3 rings (SSSR count). The summed E-state index contributed by atoms with van der Waals surface area (Å²) in [7, 11) is 0. The number of anilines is 3. The third-order valence-electron chi connectivity index (χ3n) is 5.75. The van der Waals surface area contributed by atoms with Crippen molar-refractivity contribution < 1.29 is 14.0 Å². The Kier molecular flexibility index (Phi) is 7.47. The number of carbonyl (C=O) groups excluding carboxylic acids is 2. The average Bonchev–Trinajstić information content (AvgIpc) is 2.73. The standard InChI is InChI=1S/C23H31FN6O3/c1-13(2)10-17(31)15-11-14(6-7-16(15)24)28-20-18(19(25)32)21(33)30-22(29-20)27-12-23(26)8-4-3-5-9-23/h6-7,11,13H,3-5,8-10,12,26H2,1-2H3,(H2,25,32)(H3,27,28,29,30,33). The van der Waals surface area contributed by atoms with Gasteiger partial charge in [-0.05, 0) is 37.0 Å². The van der Waals surface area contributed by atoms with Gasteiger partial charge in [0.15, 0.2) is 11.6 Å². The van der Waals surface area contributed by atoms with Crippen LogP contribution in [0.3, 0.4) is 0 Å². The fraction of sp³-hybridized carbons (Fsp3) is 0.478. The van der Waals surface area contributed by atoms with Gasteiger partial charge in [0.05, 0.1) is 5.56 Å². The van der Waals surface area contributed by atoms with Crippen molar-refractivity contribution in [3.05, 3.63) is 45.5 Å². The summed E-state index contributed by atoms with van der Waals surface area (Å²) in [5.41, 5.74) is 10.5. The highest BCUT2D eigenvalue weighted by molar-refractivity contribution is 5.99. The Hall–Kier alpha value is -3.27. The largest absolute Gasteiger partial charge is 0.365 e. The number of rotatable bonds is 9. The third-order valence-corrected chi connectivity index (χ3v) is 5.75. The van der Waals surface area contributed by atoms with E-state index < -0.39 is 22.8 Å². The second-order valence-corrected chi connectivity index (χ2v) is 9.12. The molecule has 2 aromatic rings. The molecule has 1 aromatic carbocycles. The number of amides is 1. The van der Waals surface area contributed by atoms with E-state index in [4.69, 9.17) is 11.5 Å². The van der Waals surface area contributed by atoms with Gasteiger partial charge in [-0.25, -0.2) is 4.39 Å². The van der Waals surface area contributed by atoms with E-state index in [-0.39, 0.29) is 46.7 Å². The van der Waals surface area contributed by atoms with E-state index in [0.29, 0.717) is 6.54 Å². The number of carbonyl (C=O) groups is 2. The quantitative estimate of drug-likeness (QED) is 0.362. The molecule has 10 heteroatoms. The molecule has 1 saturated carbocycles. The van der Waals surface area contributed by atoms with Crippen LogP contribution in [0.4, 0.5) is 21.8 Å². The van der Waals surface area contributed by atoms with Gasteiger partial charge in [-0.1, -0.05) is 33.1 Å². The normalized spacial score (nSPS) is 15.3. The Morgan fingerprint density at radius 1 is 1.24 bits per heavy atom. The number of aromatic nitrogens is 2. The first-order valence-electron chi connectivity index (χ1n) is 11.1. The van der Waals surface area contributed by atoms with Crippen molar-refractivity contribution in [1.29, 1.82) is 0 Å². The van der Waals surface area contributed by atoms with Gasteiger partial charge < -0.3 is 22.1 Å². The zero-order chi connectivity index (χ0) is 24.2. The summed E-state index contributed by atoms with van der Waals surface area (Å²) in [6.45, 7) is 4.13. The molecule has 1 heterocycles. The van der Waals surface area contributed by atoms with Crippen LogP contribution in [-0.4, -0.2) is 33.7 Å². The van der Waals surface area contributed by atoms with Gasteiger partial charge in [0.25, 0.3) is 11.5 Å². The van der Waals surface area contributed by atoms with E-state index in [1.807, 2.05) is 13.8 Å². The lowest BCUT2D eigenvalue weighted by Gasteiger charge is -2.33. The first kappa shape index (κ1) is 24.4. The van der Waals surface area contributed by atoms with E-state index in [2.05, 4.69) is 20.6 Å². The highest BCUT2D eigenvalue weighted by atomic mass is 19.1. The van der Waals surface area contributed by atoms with Crippen LogP contribution in [-0.2, 0) is 0 Å². The molecular formula is C23H31FN6O3. The topological polar surface area (TPSA) is 156 Å². The fourth-order valence-electron chi connectivity index (χ4n) is 4.00. The molecule has 33 heavy (non-hydrogen) atoms. The molecule has 0 spiro atoms. The summed E-state index contributed by atoms with van der Waals surface area (Å²) < 4.78 is 14.2. The molecule has 0 saturated heterocycles. The fourth-order valence-corrected chi connectivity index (χ4v) is 4.00. The van der Waals surface area contributed by atoms with Crippen LogP contribution in [0.15, 0.2) is 23.0 Å². The van der Waals surface area contributed by atoms with Crippen LogP contribution in [0.2, 0.25) is 0 Å². The second kappa shape index (κ2) is 10.1. The number of aromatic amines is 1. The van der Waals surface area contributed by atoms with Crippen molar-refractivity contribution in [2.24, 2.45) is 17.4 Å². The summed E-state index contributed by atoms with van der Waals surface area (Å²) in [6.07, 6.45) is 5.13. The zero-order valence-electron chi connectivity index (χ0n) is 19.0. The van der Waals surface area contributed by atoms with Gasteiger partial charge in [-0.2, -0.15) is 4.98 Å². The molecule has 9 nitrogen and oxygen atoms in total. The molecule has 0 atom stereocenters. The minimum Gasteiger partial charge on any atom is -0.365 e. The number of hydrogen-bond donors (Lipinski definition) is 5. The van der Waals surface area contributed by atoms with E-state index in [0.717, 1.165) is 38.2 Å². The summed E-state index contributed by atoms with van der Waals surface area (Å²) >= 11 is 0. The predicted octanol–water partition coefficient (Wildman–Crippen LogP) is 3.05. The Labute approximate surface area is 191 Å². The Bertz CT molecular complexity index is 1090. The SMILES string of the molecule is CC(C)CC(=O)c1cc(Nc2nc(NCC3(N)CCCCC3)[nH]c(=O)c2C(N)=O)ccc1F. The smallest absolute Gasteiger partial charge is 0.267 e. The average molecular weight is 459 g/mol. The van der Waals surface area contributed by atoms with E-state index in [1.165, 1.54) is 12.1 Å². The van der Waals surface area contributed by atoms with Crippen molar-refractivity contribution in [2.45, 2.75) is 57.9 Å². The number of nitrogens with one attached hydrogen (secondary N) is 3. The summed E-state index contributed by atoms with van der Waals surface area (Å²) in [6, 6.07) is 3.87. The monoisotopic (exact) mass is 458 g/mol. The summed E-state index contributed by atoms with van der Waals surface area (Å²) in [5.74, 6) is -1.88. The maximum Gasteiger partial charge on any atom is 0.267 e. The number of hydrogen-bond acceptors (Lipinski definition) is 7. The maximum absolute atomic E-state index is 14.2. The Balaban J connectivity index is 1.89. The zero-order valence-corrected chi connectivity index (χ0v) is 19.0. The lowest BCUT2D eigenvalue weighted by atomic mass is 9.82. The Morgan fingerprint density at radius 3 is 2.58 bits per heavy atom. The van der Waals surface area contributed by atoms with Gasteiger partial charge in [-0.15, -0.1) is 0 Å². The van der Waals surface area contributed by atoms with Crippen molar-refractivity contribution in [2.75, 3.05) is 17.2 Å². The molecule has 0 bridgehead atoms. The highest BCUT2D eigenvalue weighted by Gasteiger charge is 2.27. The van der Waals surface area contributed by atoms with Gasteiger partial charge in [0, 0.05) is 24.2 Å². The number of halogens is 1. The van der Waals surface area contributed by atoms with Crippen LogP contribution in [0.5, 0.6) is 0 Å². The van der Waals surface area contributed by atoms with Gasteiger partial charge >= 0.3 is 0 Å². The van der Waals surface area contributed by atoms with Crippen LogP contribution < -0.4 is 27.7 Å². The minimum atomic E-state index is -0.974. The van der Waals surface area contributed by atoms with Crippen LogP contribution >= 0.6 is 0 Å². The van der Waals surface area contributed by atoms with E-state index in [9.17, 15) is 18.8 Å². The van der Waals surface area contributed by atoms with Crippen molar-refractivity contribution >= 4 is 29.1 Å². The lowest BCUT2D eigenvalue weighted by molar-refractivity contribution is 0.0962. The molecule has 178 valence electrons. The predicted molar refractivity (Wildman–Crippen MR) is 125 cm³/mol. The molecule has 1 amide bonds. The number of H-pyrrole nitrogens is 1. The molecular weight excluding hydrogens is 427 g/mol. The molecule has 7 N–H and O–H groups in total. The molecule has 0 aliphatic heterocycles. The van der Waals surface area contributed by atoms with Crippen molar-refractivity contribution in [1.82, 2.24) is 9.97 Å². The number of nitrogens with zero attached hydrogens (tertiary/aromatic N) is 1. The summed E-state index contributed by atoms with van der Waals surface area (Å²) in [5, 5.41) is 5.89. The number of Topliss-reactive ketones (excluding diaryl/α,β-unsaturated/α-hetero) is 1. The molecule has 0 unspecified atom stereocenters. The van der Waals surface area contributed by atoms with Crippen molar-refractivity contribution in [3.63, 3.8) is 0 Å². The first-order chi connectivity index (χ1) is 15.6. The summed E-state index contributed by atoms with van der Waals surface area (Å²) in [4.78, 5) is 43.7. The number of nitrogens with two attached hydrogens (primary N) is 2. The number of ketones is 1.